The van der Waals surface area contributed by atoms with E-state index >= 15 is 0 Å². The number of rotatable bonds is 15. The van der Waals surface area contributed by atoms with Crippen molar-refractivity contribution in [3.8, 4) is 5.75 Å². The van der Waals surface area contributed by atoms with E-state index in [9.17, 15) is 15.2 Å². The first-order chi connectivity index (χ1) is 16.4. The third-order valence-corrected chi connectivity index (χ3v) is 5.77. The van der Waals surface area contributed by atoms with Crippen LogP contribution in [0.15, 0.2) is 41.0 Å². The molecule has 0 spiro atoms. The van der Waals surface area contributed by atoms with Crippen LogP contribution in [0.2, 0.25) is 0 Å². The van der Waals surface area contributed by atoms with Gasteiger partial charge in [0.2, 0.25) is 5.52 Å². The number of non-ortho nitro benzene ring substituents is 1. The zero-order valence-corrected chi connectivity index (χ0v) is 19.5. The molecule has 0 saturated carbocycles. The first-order valence-corrected chi connectivity index (χ1v) is 11.6. The highest BCUT2D eigenvalue weighted by atomic mass is 16.6. The molecule has 1 aromatic heterocycles. The highest BCUT2D eigenvalue weighted by Crippen LogP contribution is 2.28. The molecular formula is C24H33N5O5. The van der Waals surface area contributed by atoms with Crippen LogP contribution in [0, 0.1) is 10.1 Å². The molecule has 34 heavy (non-hydrogen) atoms. The SMILES string of the molecule is C[C@](N)(CO)CCc1ccc(OCCCCCCCNc2ccc([N+](=O)[O-])c3nonc23)cc1. The van der Waals surface area contributed by atoms with Gasteiger partial charge in [0.15, 0.2) is 5.52 Å². The molecule has 0 aliphatic heterocycles. The fourth-order valence-electron chi connectivity index (χ4n) is 3.58. The molecule has 10 heteroatoms. The summed E-state index contributed by atoms with van der Waals surface area (Å²) in [6.07, 6.45) is 6.79. The third-order valence-electron chi connectivity index (χ3n) is 5.77. The number of nitro groups is 1. The van der Waals surface area contributed by atoms with Crippen LogP contribution in [0.25, 0.3) is 11.0 Å². The maximum absolute atomic E-state index is 11.0. The zero-order chi connectivity index (χ0) is 24.4. The highest BCUT2D eigenvalue weighted by Gasteiger charge is 2.19. The van der Waals surface area contributed by atoms with Crippen LogP contribution in [-0.4, -0.2) is 45.6 Å². The number of hydrogen-bond donors (Lipinski definition) is 3. The summed E-state index contributed by atoms with van der Waals surface area (Å²) >= 11 is 0. The lowest BCUT2D eigenvalue weighted by atomic mass is 9.95. The van der Waals surface area contributed by atoms with Gasteiger partial charge in [0.25, 0.3) is 0 Å². The summed E-state index contributed by atoms with van der Waals surface area (Å²) in [6, 6.07) is 11.1. The lowest BCUT2D eigenvalue weighted by Crippen LogP contribution is -2.40. The van der Waals surface area contributed by atoms with Crippen LogP contribution >= 0.6 is 0 Å². The van der Waals surface area contributed by atoms with E-state index in [-0.39, 0.29) is 17.8 Å². The van der Waals surface area contributed by atoms with Crippen molar-refractivity contribution in [3.05, 3.63) is 52.1 Å². The summed E-state index contributed by atoms with van der Waals surface area (Å²) in [4.78, 5) is 10.6. The molecule has 0 unspecified atom stereocenters. The largest absolute Gasteiger partial charge is 0.494 e. The molecule has 0 fully saturated rings. The number of ether oxygens (including phenoxy) is 1. The van der Waals surface area contributed by atoms with Gasteiger partial charge in [0.05, 0.1) is 23.8 Å². The van der Waals surface area contributed by atoms with Gasteiger partial charge in [-0.3, -0.25) is 10.1 Å². The number of unbranched alkanes of at least 4 members (excludes halogenated alkanes) is 4. The molecule has 1 heterocycles. The number of aryl methyl sites for hydroxylation is 1. The molecule has 10 nitrogen and oxygen atoms in total. The smallest absolute Gasteiger partial charge is 0.300 e. The summed E-state index contributed by atoms with van der Waals surface area (Å²) < 4.78 is 10.5. The Morgan fingerprint density at radius 3 is 2.53 bits per heavy atom. The van der Waals surface area contributed by atoms with E-state index in [2.05, 4.69) is 20.3 Å². The van der Waals surface area contributed by atoms with Gasteiger partial charge in [-0.2, -0.15) is 0 Å². The van der Waals surface area contributed by atoms with E-state index < -0.39 is 10.5 Å². The molecule has 2 aromatic carbocycles. The van der Waals surface area contributed by atoms with Crippen LogP contribution in [-0.2, 0) is 6.42 Å². The molecule has 184 valence electrons. The van der Waals surface area contributed by atoms with Gasteiger partial charge in [-0.05, 0) is 66.7 Å². The van der Waals surface area contributed by atoms with Crippen LogP contribution in [0.4, 0.5) is 11.4 Å². The third kappa shape index (κ3) is 7.39. The molecule has 1 atom stereocenters. The van der Waals surface area contributed by atoms with Crippen molar-refractivity contribution in [1.82, 2.24) is 10.3 Å². The lowest BCUT2D eigenvalue weighted by molar-refractivity contribution is -0.383. The van der Waals surface area contributed by atoms with Crippen LogP contribution < -0.4 is 15.8 Å². The van der Waals surface area contributed by atoms with E-state index in [1.54, 1.807) is 6.07 Å². The van der Waals surface area contributed by atoms with Crippen LogP contribution in [0.3, 0.4) is 0 Å². The van der Waals surface area contributed by atoms with Gasteiger partial charge in [-0.25, -0.2) is 4.63 Å². The Morgan fingerprint density at radius 2 is 1.79 bits per heavy atom. The Hall–Kier alpha value is -3.24. The molecule has 3 aromatic rings. The predicted molar refractivity (Wildman–Crippen MR) is 130 cm³/mol. The topological polar surface area (TPSA) is 150 Å². The van der Waals surface area contributed by atoms with Crippen LogP contribution in [0.1, 0.15) is 51.0 Å². The van der Waals surface area contributed by atoms with Crippen molar-refractivity contribution in [2.45, 2.75) is 57.4 Å². The van der Waals surface area contributed by atoms with Gasteiger partial charge in [-0.15, -0.1) is 0 Å². The second-order valence-electron chi connectivity index (χ2n) is 8.85. The van der Waals surface area contributed by atoms with E-state index in [4.69, 9.17) is 10.5 Å². The zero-order valence-electron chi connectivity index (χ0n) is 19.5. The van der Waals surface area contributed by atoms with E-state index in [0.717, 1.165) is 57.2 Å². The maximum atomic E-state index is 11.0. The number of nitro benzene ring substituents is 1. The molecule has 0 saturated heterocycles. The number of aromatic nitrogens is 2. The van der Waals surface area contributed by atoms with Gasteiger partial charge in [0, 0.05) is 18.2 Å². The fraction of sp³-hybridized carbons (Fsp3) is 0.500. The Kier molecular flexibility index (Phi) is 9.17. The molecule has 3 rings (SSSR count). The molecule has 0 aliphatic rings. The first kappa shape index (κ1) is 25.4. The lowest BCUT2D eigenvalue weighted by Gasteiger charge is -2.21. The minimum absolute atomic E-state index is 0.0194. The summed E-state index contributed by atoms with van der Waals surface area (Å²) in [6.45, 7) is 3.26. The number of aliphatic hydroxyl groups excluding tert-OH is 1. The predicted octanol–water partition coefficient (Wildman–Crippen LogP) is 4.21. The molecule has 0 radical (unpaired) electrons. The molecule has 4 N–H and O–H groups in total. The number of nitrogens with one attached hydrogen (secondary N) is 1. The van der Waals surface area contributed by atoms with Gasteiger partial charge < -0.3 is 20.9 Å². The Morgan fingerprint density at radius 1 is 1.09 bits per heavy atom. The summed E-state index contributed by atoms with van der Waals surface area (Å²) in [7, 11) is 0. The van der Waals surface area contributed by atoms with Crippen molar-refractivity contribution in [1.29, 1.82) is 0 Å². The highest BCUT2D eigenvalue weighted by molar-refractivity contribution is 5.93. The van der Waals surface area contributed by atoms with Crippen molar-refractivity contribution >= 4 is 22.4 Å². The van der Waals surface area contributed by atoms with E-state index in [1.165, 1.54) is 11.6 Å². The normalized spacial score (nSPS) is 13.0. The summed E-state index contributed by atoms with van der Waals surface area (Å²) in [5, 5.41) is 31.0. The van der Waals surface area contributed by atoms with Gasteiger partial charge in [-0.1, -0.05) is 31.4 Å². The number of benzene rings is 2. The molecule has 0 bridgehead atoms. The van der Waals surface area contributed by atoms with Gasteiger partial charge in [0.1, 0.15) is 5.75 Å². The quantitative estimate of drug-likeness (QED) is 0.168. The number of nitrogens with two attached hydrogens (primary N) is 1. The molecular weight excluding hydrogens is 438 g/mol. The first-order valence-electron chi connectivity index (χ1n) is 11.6. The maximum Gasteiger partial charge on any atom is 0.300 e. The second kappa shape index (κ2) is 12.3. The summed E-state index contributed by atoms with van der Waals surface area (Å²) in [5.41, 5.74) is 7.72. The Balaban J connectivity index is 1.26. The van der Waals surface area contributed by atoms with Crippen molar-refractivity contribution in [2.24, 2.45) is 5.73 Å². The van der Waals surface area contributed by atoms with E-state index in [0.29, 0.717) is 17.8 Å². The van der Waals surface area contributed by atoms with Crippen LogP contribution in [0.5, 0.6) is 5.75 Å². The Labute approximate surface area is 198 Å². The van der Waals surface area contributed by atoms with Crippen molar-refractivity contribution in [2.75, 3.05) is 25.1 Å². The standard InChI is InChI=1S/C24H33N5O5/c1-24(25,17-30)14-13-18-7-9-19(10-8-18)33-16-6-4-2-3-5-15-26-20-11-12-21(29(31)32)23-22(20)27-34-28-23/h7-12,26,30H,2-6,13-17,25H2,1H3/t24-/m1/s1. The monoisotopic (exact) mass is 471 g/mol. The second-order valence-corrected chi connectivity index (χ2v) is 8.85. The molecule has 0 amide bonds. The molecule has 0 aliphatic carbocycles. The van der Waals surface area contributed by atoms with Crippen molar-refractivity contribution in [3.63, 3.8) is 0 Å². The number of fused-ring (bicyclic) bond motifs is 1. The van der Waals surface area contributed by atoms with Crippen molar-refractivity contribution < 1.29 is 19.4 Å². The number of anilines is 1. The minimum atomic E-state index is -0.545. The minimum Gasteiger partial charge on any atom is -0.494 e. The number of nitrogens with zero attached hydrogens (tertiary/aromatic N) is 3. The fourth-order valence-corrected chi connectivity index (χ4v) is 3.58. The number of aliphatic hydroxyl groups is 1. The average Bonchev–Trinajstić information content (AvgIpc) is 3.32. The van der Waals surface area contributed by atoms with Gasteiger partial charge >= 0.3 is 5.69 Å². The number of hydrogen-bond acceptors (Lipinski definition) is 9. The summed E-state index contributed by atoms with van der Waals surface area (Å²) in [5.74, 6) is 0.863. The Bertz CT molecular complexity index is 1050. The van der Waals surface area contributed by atoms with E-state index in [1.807, 2.05) is 31.2 Å². The average molecular weight is 472 g/mol.